The Bertz CT molecular complexity index is 330. The Kier molecular flexibility index (Phi) is 4.86. The van der Waals surface area contributed by atoms with E-state index in [-0.39, 0.29) is 24.2 Å². The van der Waals surface area contributed by atoms with Crippen molar-refractivity contribution >= 4 is 0 Å². The number of rotatable bonds is 4. The van der Waals surface area contributed by atoms with Gasteiger partial charge in [-0.3, -0.25) is 4.90 Å². The van der Waals surface area contributed by atoms with Crippen LogP contribution in [0.5, 0.6) is 0 Å². The van der Waals surface area contributed by atoms with Crippen molar-refractivity contribution in [2.24, 2.45) is 0 Å². The first-order valence-corrected chi connectivity index (χ1v) is 6.77. The highest BCUT2D eigenvalue weighted by Crippen LogP contribution is 2.30. The van der Waals surface area contributed by atoms with Crippen molar-refractivity contribution in [2.45, 2.75) is 37.6 Å². The lowest BCUT2D eigenvalue weighted by atomic mass is 10.1. The van der Waals surface area contributed by atoms with Gasteiger partial charge in [-0.05, 0) is 26.3 Å². The third-order valence-corrected chi connectivity index (χ3v) is 3.75. The van der Waals surface area contributed by atoms with Crippen LogP contribution in [0.15, 0.2) is 11.6 Å². The molecule has 2 heterocycles. The van der Waals surface area contributed by atoms with E-state index >= 15 is 0 Å². The van der Waals surface area contributed by atoms with Crippen molar-refractivity contribution in [3.8, 4) is 0 Å². The van der Waals surface area contributed by atoms with E-state index in [1.807, 2.05) is 11.9 Å². The largest absolute Gasteiger partial charge is 0.412 e. The second-order valence-corrected chi connectivity index (χ2v) is 5.25. The third kappa shape index (κ3) is 4.19. The Morgan fingerprint density at radius 1 is 1.37 bits per heavy atom. The van der Waals surface area contributed by atoms with Crippen LogP contribution in [0, 0.1) is 0 Å². The van der Waals surface area contributed by atoms with Gasteiger partial charge < -0.3 is 10.1 Å². The van der Waals surface area contributed by atoms with Gasteiger partial charge in [0.1, 0.15) is 0 Å². The summed E-state index contributed by atoms with van der Waals surface area (Å²) in [6.07, 6.45) is -0.310. The highest BCUT2D eigenvalue weighted by Gasteiger charge is 2.35. The van der Waals surface area contributed by atoms with Gasteiger partial charge in [-0.1, -0.05) is 6.08 Å². The number of hydrogen-bond donors (Lipinski definition) is 1. The Labute approximate surface area is 111 Å². The van der Waals surface area contributed by atoms with Crippen molar-refractivity contribution in [2.75, 3.05) is 33.2 Å². The van der Waals surface area contributed by atoms with E-state index in [0.29, 0.717) is 13.1 Å². The summed E-state index contributed by atoms with van der Waals surface area (Å²) >= 11 is 0. The maximum absolute atomic E-state index is 12.5. The van der Waals surface area contributed by atoms with Crippen LogP contribution in [-0.4, -0.2) is 56.5 Å². The van der Waals surface area contributed by atoms with Crippen LogP contribution >= 0.6 is 0 Å². The summed E-state index contributed by atoms with van der Waals surface area (Å²) in [5, 5.41) is 3.08. The molecule has 3 nitrogen and oxygen atoms in total. The number of ether oxygens (including phenoxy) is 1. The van der Waals surface area contributed by atoms with Crippen LogP contribution in [0.3, 0.4) is 0 Å². The van der Waals surface area contributed by atoms with Crippen molar-refractivity contribution in [1.82, 2.24) is 10.2 Å². The van der Waals surface area contributed by atoms with E-state index in [4.69, 9.17) is 4.74 Å². The number of nitrogens with zero attached hydrogens (tertiary/aromatic N) is 1. The molecule has 0 aromatic rings. The first-order chi connectivity index (χ1) is 8.99. The van der Waals surface area contributed by atoms with Crippen LogP contribution in [0.4, 0.5) is 13.2 Å². The summed E-state index contributed by atoms with van der Waals surface area (Å²) in [4.78, 5) is 2.04. The van der Waals surface area contributed by atoms with E-state index in [9.17, 15) is 13.2 Å². The summed E-state index contributed by atoms with van der Waals surface area (Å²) in [5.41, 5.74) is -0.385. The molecule has 2 aliphatic rings. The Balaban J connectivity index is 1.76. The van der Waals surface area contributed by atoms with E-state index in [1.165, 1.54) is 6.08 Å². The zero-order valence-corrected chi connectivity index (χ0v) is 11.2. The van der Waals surface area contributed by atoms with E-state index in [2.05, 4.69) is 5.32 Å². The predicted octanol–water partition coefficient (Wildman–Crippen LogP) is 1.95. The van der Waals surface area contributed by atoms with Gasteiger partial charge >= 0.3 is 6.18 Å². The molecule has 0 saturated carbocycles. The van der Waals surface area contributed by atoms with Gasteiger partial charge in [0.15, 0.2) is 0 Å². The first kappa shape index (κ1) is 14.8. The Morgan fingerprint density at radius 2 is 2.11 bits per heavy atom. The normalized spacial score (nSPS) is 29.6. The first-order valence-electron chi connectivity index (χ1n) is 6.77. The molecule has 0 aromatic carbocycles. The minimum Gasteiger partial charge on any atom is -0.372 e. The molecule has 2 aliphatic heterocycles. The third-order valence-electron chi connectivity index (χ3n) is 3.75. The van der Waals surface area contributed by atoms with Crippen molar-refractivity contribution in [3.05, 3.63) is 11.6 Å². The van der Waals surface area contributed by atoms with Crippen molar-refractivity contribution in [1.29, 1.82) is 0 Å². The topological polar surface area (TPSA) is 24.5 Å². The SMILES string of the molecule is CNCC1CCC(CN2CC=C(C(F)(F)F)CC2)O1. The second kappa shape index (κ2) is 6.24. The van der Waals surface area contributed by atoms with E-state index < -0.39 is 6.18 Å². The maximum Gasteiger partial charge on any atom is 0.412 e. The smallest absolute Gasteiger partial charge is 0.372 e. The lowest BCUT2D eigenvalue weighted by Gasteiger charge is -2.29. The molecule has 1 saturated heterocycles. The van der Waals surface area contributed by atoms with Crippen LogP contribution in [0.1, 0.15) is 19.3 Å². The Morgan fingerprint density at radius 3 is 2.68 bits per heavy atom. The van der Waals surface area contributed by atoms with E-state index in [0.717, 1.165) is 25.9 Å². The number of halogens is 3. The maximum atomic E-state index is 12.5. The van der Waals surface area contributed by atoms with Crippen molar-refractivity contribution < 1.29 is 17.9 Å². The van der Waals surface area contributed by atoms with Crippen LogP contribution in [-0.2, 0) is 4.74 Å². The standard InChI is InChI=1S/C13H21F3N2O/c1-17-8-11-2-3-12(19-11)9-18-6-4-10(5-7-18)13(14,15)16/h4,11-12,17H,2-3,5-9H2,1H3. The summed E-state index contributed by atoms with van der Waals surface area (Å²) in [5.74, 6) is 0. The number of likely N-dealkylation sites (N-methyl/N-ethyl adjacent to an activating group) is 1. The molecule has 2 atom stereocenters. The molecule has 0 radical (unpaired) electrons. The van der Waals surface area contributed by atoms with Gasteiger partial charge in [0.05, 0.1) is 12.2 Å². The molecule has 19 heavy (non-hydrogen) atoms. The minimum absolute atomic E-state index is 0.0934. The van der Waals surface area contributed by atoms with Crippen molar-refractivity contribution in [3.63, 3.8) is 0 Å². The zero-order valence-electron chi connectivity index (χ0n) is 11.2. The average Bonchev–Trinajstić information content (AvgIpc) is 2.77. The van der Waals surface area contributed by atoms with E-state index in [1.54, 1.807) is 0 Å². The quantitative estimate of drug-likeness (QED) is 0.796. The fourth-order valence-corrected chi connectivity index (χ4v) is 2.71. The van der Waals surface area contributed by atoms with Gasteiger partial charge in [-0.15, -0.1) is 0 Å². The van der Waals surface area contributed by atoms with Gasteiger partial charge in [0.2, 0.25) is 0 Å². The highest BCUT2D eigenvalue weighted by molar-refractivity contribution is 5.13. The molecule has 0 aromatic heterocycles. The lowest BCUT2D eigenvalue weighted by molar-refractivity contribution is -0.0963. The second-order valence-electron chi connectivity index (χ2n) is 5.25. The van der Waals surface area contributed by atoms with Gasteiger partial charge in [0.25, 0.3) is 0 Å². The van der Waals surface area contributed by atoms with Crippen LogP contribution in [0.2, 0.25) is 0 Å². The predicted molar refractivity (Wildman–Crippen MR) is 67.0 cm³/mol. The molecule has 0 bridgehead atoms. The molecule has 6 heteroatoms. The molecular formula is C13H21F3N2O. The lowest BCUT2D eigenvalue weighted by Crippen LogP contribution is -2.37. The van der Waals surface area contributed by atoms with Crippen LogP contribution < -0.4 is 5.32 Å². The highest BCUT2D eigenvalue weighted by atomic mass is 19.4. The summed E-state index contributed by atoms with van der Waals surface area (Å²) in [7, 11) is 1.89. The van der Waals surface area contributed by atoms with Crippen LogP contribution in [0.25, 0.3) is 0 Å². The summed E-state index contributed by atoms with van der Waals surface area (Å²) in [6.45, 7) is 2.43. The average molecular weight is 278 g/mol. The number of hydrogen-bond acceptors (Lipinski definition) is 3. The molecule has 1 N–H and O–H groups in total. The molecule has 0 aliphatic carbocycles. The molecule has 1 fully saturated rings. The molecule has 2 unspecified atom stereocenters. The summed E-state index contributed by atoms with van der Waals surface area (Å²) < 4.78 is 43.3. The molecule has 110 valence electrons. The monoisotopic (exact) mass is 278 g/mol. The Hall–Kier alpha value is -0.590. The molecular weight excluding hydrogens is 257 g/mol. The zero-order chi connectivity index (χ0) is 13.9. The minimum atomic E-state index is -4.16. The molecule has 2 rings (SSSR count). The van der Waals surface area contributed by atoms with Gasteiger partial charge in [-0.2, -0.15) is 13.2 Å². The number of alkyl halides is 3. The molecule has 0 amide bonds. The van der Waals surface area contributed by atoms with Gasteiger partial charge in [-0.25, -0.2) is 0 Å². The fourth-order valence-electron chi connectivity index (χ4n) is 2.71. The fraction of sp³-hybridized carbons (Fsp3) is 0.846. The molecule has 0 spiro atoms. The van der Waals surface area contributed by atoms with Gasteiger partial charge in [0, 0.05) is 31.8 Å². The number of nitrogens with one attached hydrogen (secondary N) is 1. The summed E-state index contributed by atoms with van der Waals surface area (Å²) in [6, 6.07) is 0.